The number of benzene rings is 1. The molecule has 2 rings (SSSR count). The molecule has 1 aliphatic rings. The fourth-order valence-corrected chi connectivity index (χ4v) is 2.55. The van der Waals surface area contributed by atoms with Crippen LogP contribution in [0, 0.1) is 0 Å². The van der Waals surface area contributed by atoms with Gasteiger partial charge < -0.3 is 10.0 Å². The summed E-state index contributed by atoms with van der Waals surface area (Å²) in [6, 6.07) is 3.58. The second-order valence-electron chi connectivity index (χ2n) is 3.06. The van der Waals surface area contributed by atoms with Crippen LogP contribution in [0.4, 0.5) is 0 Å². The fourth-order valence-electron chi connectivity index (χ4n) is 1.34. The van der Waals surface area contributed by atoms with Crippen LogP contribution in [0.2, 0.25) is 0 Å². The van der Waals surface area contributed by atoms with Crippen molar-refractivity contribution in [1.82, 2.24) is 4.72 Å². The first-order valence-electron chi connectivity index (χ1n) is 3.99. The highest BCUT2D eigenvalue weighted by Gasteiger charge is 2.33. The molecule has 0 spiro atoms. The molecule has 15 heavy (non-hydrogen) atoms. The Hall–Kier alpha value is -1.38. The Morgan fingerprint density at radius 2 is 1.93 bits per heavy atom. The van der Waals surface area contributed by atoms with Crippen molar-refractivity contribution >= 4 is 28.5 Å². The van der Waals surface area contributed by atoms with Crippen molar-refractivity contribution in [3.63, 3.8) is 0 Å². The molecule has 0 unspecified atom stereocenters. The van der Waals surface area contributed by atoms with Gasteiger partial charge in [-0.3, -0.25) is 4.79 Å². The summed E-state index contributed by atoms with van der Waals surface area (Å²) in [5.74, 6) is -0.705. The molecule has 0 bridgehead atoms. The number of sulfonamides is 1. The number of nitrogens with one attached hydrogen (secondary N) is 1. The molecule has 0 aliphatic carbocycles. The van der Waals surface area contributed by atoms with Crippen LogP contribution in [0.3, 0.4) is 0 Å². The monoisotopic (exact) mass is 227 g/mol. The summed E-state index contributed by atoms with van der Waals surface area (Å²) in [5, 5.41) is 17.7. The number of hydrogen-bond acceptors (Lipinski definition) is 5. The van der Waals surface area contributed by atoms with Gasteiger partial charge in [0.1, 0.15) is 0 Å². The molecule has 1 aromatic carbocycles. The maximum Gasteiger partial charge on any atom is 0.488 e. The fraction of sp³-hybridized carbons (Fsp3) is 0. The first kappa shape index (κ1) is 10.2. The summed E-state index contributed by atoms with van der Waals surface area (Å²) < 4.78 is 24.5. The Balaban J connectivity index is 2.68. The molecule has 1 heterocycles. The lowest BCUT2D eigenvalue weighted by Crippen LogP contribution is -2.30. The van der Waals surface area contributed by atoms with Gasteiger partial charge in [-0.25, -0.2) is 13.1 Å². The van der Waals surface area contributed by atoms with E-state index in [9.17, 15) is 13.2 Å². The van der Waals surface area contributed by atoms with E-state index in [2.05, 4.69) is 0 Å². The zero-order valence-corrected chi connectivity index (χ0v) is 8.15. The SMILES string of the molecule is O=C1NS(=O)(=O)c2cc(B(O)O)ccc21. The topological polar surface area (TPSA) is 104 Å². The number of carbonyl (C=O) groups is 1. The zero-order valence-electron chi connectivity index (χ0n) is 7.34. The Morgan fingerprint density at radius 1 is 1.27 bits per heavy atom. The highest BCUT2D eigenvalue weighted by molar-refractivity contribution is 7.90. The highest BCUT2D eigenvalue weighted by Crippen LogP contribution is 2.20. The zero-order chi connectivity index (χ0) is 11.2. The van der Waals surface area contributed by atoms with Gasteiger partial charge in [0, 0.05) is 0 Å². The standard InChI is InChI=1S/C7H6BNO5S/c10-7-5-2-1-4(8(11)12)3-6(5)15(13,14)9-7/h1-3,11-12H,(H,9,10). The molecule has 3 N–H and O–H groups in total. The van der Waals surface area contributed by atoms with E-state index in [1.54, 1.807) is 4.72 Å². The van der Waals surface area contributed by atoms with E-state index in [0.29, 0.717) is 0 Å². The maximum absolute atomic E-state index is 11.3. The second kappa shape index (κ2) is 3.06. The molecule has 1 aliphatic heterocycles. The number of carbonyl (C=O) groups excluding carboxylic acids is 1. The largest absolute Gasteiger partial charge is 0.488 e. The van der Waals surface area contributed by atoms with Gasteiger partial charge in [-0.05, 0) is 17.6 Å². The average Bonchev–Trinajstić information content (AvgIpc) is 2.37. The Kier molecular flexibility index (Phi) is 2.07. The number of amides is 1. The van der Waals surface area contributed by atoms with Crippen molar-refractivity contribution in [2.75, 3.05) is 0 Å². The van der Waals surface area contributed by atoms with Gasteiger partial charge >= 0.3 is 7.12 Å². The number of hydrogen-bond donors (Lipinski definition) is 3. The minimum absolute atomic E-state index is 0.0133. The third-order valence-corrected chi connectivity index (χ3v) is 3.44. The van der Waals surface area contributed by atoms with Crippen molar-refractivity contribution in [3.8, 4) is 0 Å². The normalized spacial score (nSPS) is 17.1. The van der Waals surface area contributed by atoms with Gasteiger partial charge in [-0.1, -0.05) is 6.07 Å². The lowest BCUT2D eigenvalue weighted by Gasteiger charge is -2.00. The van der Waals surface area contributed by atoms with Crippen LogP contribution in [0.25, 0.3) is 0 Å². The van der Waals surface area contributed by atoms with Gasteiger partial charge in [0.05, 0.1) is 10.5 Å². The summed E-state index contributed by atoms with van der Waals surface area (Å²) in [6.07, 6.45) is 0. The van der Waals surface area contributed by atoms with Crippen molar-refractivity contribution in [3.05, 3.63) is 23.8 Å². The van der Waals surface area contributed by atoms with Crippen LogP contribution in [0.1, 0.15) is 10.4 Å². The molecular weight excluding hydrogens is 221 g/mol. The van der Waals surface area contributed by atoms with Crippen LogP contribution in [0.5, 0.6) is 0 Å². The number of rotatable bonds is 1. The summed E-state index contributed by atoms with van der Waals surface area (Å²) in [6.45, 7) is 0. The second-order valence-corrected chi connectivity index (χ2v) is 4.71. The van der Waals surface area contributed by atoms with Crippen molar-refractivity contribution in [2.24, 2.45) is 0 Å². The molecule has 0 aromatic heterocycles. The molecule has 0 saturated heterocycles. The van der Waals surface area contributed by atoms with Crippen LogP contribution in [-0.4, -0.2) is 31.5 Å². The summed E-state index contributed by atoms with van der Waals surface area (Å²) in [7, 11) is -5.60. The molecule has 0 fully saturated rings. The Bertz CT molecular complexity index is 538. The van der Waals surface area contributed by atoms with E-state index in [1.807, 2.05) is 0 Å². The van der Waals surface area contributed by atoms with Crippen LogP contribution < -0.4 is 10.2 Å². The molecule has 8 heteroatoms. The first-order chi connectivity index (χ1) is 6.92. The summed E-state index contributed by atoms with van der Waals surface area (Å²) >= 11 is 0. The van der Waals surface area contributed by atoms with E-state index in [0.717, 1.165) is 6.07 Å². The molecule has 0 radical (unpaired) electrons. The van der Waals surface area contributed by atoms with Gasteiger partial charge in [-0.2, -0.15) is 0 Å². The van der Waals surface area contributed by atoms with Crippen LogP contribution >= 0.6 is 0 Å². The van der Waals surface area contributed by atoms with E-state index < -0.39 is 23.0 Å². The van der Waals surface area contributed by atoms with Gasteiger partial charge in [0.25, 0.3) is 15.9 Å². The molecule has 6 nitrogen and oxygen atoms in total. The van der Waals surface area contributed by atoms with Gasteiger partial charge in [-0.15, -0.1) is 0 Å². The average molecular weight is 227 g/mol. The van der Waals surface area contributed by atoms with E-state index >= 15 is 0 Å². The predicted octanol–water partition coefficient (Wildman–Crippen LogP) is -2.20. The Morgan fingerprint density at radius 3 is 2.53 bits per heavy atom. The molecule has 78 valence electrons. The summed E-state index contributed by atoms with van der Waals surface area (Å²) in [4.78, 5) is 10.9. The maximum atomic E-state index is 11.3. The van der Waals surface area contributed by atoms with Gasteiger partial charge in [0.2, 0.25) is 0 Å². The van der Waals surface area contributed by atoms with Crippen molar-refractivity contribution in [1.29, 1.82) is 0 Å². The molecule has 1 aromatic rings. The first-order valence-corrected chi connectivity index (χ1v) is 5.47. The van der Waals surface area contributed by atoms with E-state index in [-0.39, 0.29) is 15.9 Å². The Labute approximate surface area is 85.7 Å². The quantitative estimate of drug-likeness (QED) is 0.472. The van der Waals surface area contributed by atoms with E-state index in [1.165, 1.54) is 12.1 Å². The number of fused-ring (bicyclic) bond motifs is 1. The van der Waals surface area contributed by atoms with Gasteiger partial charge in [0.15, 0.2) is 0 Å². The van der Waals surface area contributed by atoms with Crippen LogP contribution in [0.15, 0.2) is 23.1 Å². The molecule has 0 saturated carbocycles. The lowest BCUT2D eigenvalue weighted by atomic mass is 9.80. The van der Waals surface area contributed by atoms with Crippen LogP contribution in [-0.2, 0) is 10.0 Å². The third kappa shape index (κ3) is 1.52. The highest BCUT2D eigenvalue weighted by atomic mass is 32.2. The lowest BCUT2D eigenvalue weighted by molar-refractivity contribution is 0.0985. The van der Waals surface area contributed by atoms with Crippen molar-refractivity contribution < 1.29 is 23.3 Å². The van der Waals surface area contributed by atoms with E-state index in [4.69, 9.17) is 10.0 Å². The molecular formula is C7H6BNO5S. The predicted molar refractivity (Wildman–Crippen MR) is 50.9 cm³/mol. The minimum atomic E-state index is -3.83. The summed E-state index contributed by atoms with van der Waals surface area (Å²) in [5.41, 5.74) is 0.0354. The third-order valence-electron chi connectivity index (χ3n) is 2.07. The minimum Gasteiger partial charge on any atom is -0.423 e. The smallest absolute Gasteiger partial charge is 0.423 e. The van der Waals surface area contributed by atoms with Crippen molar-refractivity contribution in [2.45, 2.75) is 4.90 Å². The molecule has 1 amide bonds. The molecule has 0 atom stereocenters.